The monoisotopic (exact) mass is 318 g/mol. The predicted molar refractivity (Wildman–Crippen MR) is 89.6 cm³/mol. The molecule has 1 aromatic rings. The lowest BCUT2D eigenvalue weighted by molar-refractivity contribution is -0.0923. The van der Waals surface area contributed by atoms with Crippen molar-refractivity contribution in [3.05, 3.63) is 29.3 Å². The van der Waals surface area contributed by atoms with Crippen LogP contribution in [0.1, 0.15) is 36.2 Å². The topological polar surface area (TPSA) is 70.6 Å². The van der Waals surface area contributed by atoms with Gasteiger partial charge in [-0.05, 0) is 31.0 Å². The van der Waals surface area contributed by atoms with Crippen LogP contribution in [0.2, 0.25) is 0 Å². The highest BCUT2D eigenvalue weighted by molar-refractivity contribution is 5.97. The number of benzene rings is 1. The van der Waals surface area contributed by atoms with Crippen LogP contribution in [0.25, 0.3) is 0 Å². The average Bonchev–Trinajstić information content (AvgIpc) is 2.98. The number of hydrogen-bond donors (Lipinski definition) is 3. The molecule has 5 heteroatoms. The highest BCUT2D eigenvalue weighted by atomic mass is 16.5. The van der Waals surface area contributed by atoms with Gasteiger partial charge in [0.05, 0.1) is 12.7 Å². The van der Waals surface area contributed by atoms with E-state index in [9.17, 15) is 4.79 Å². The van der Waals surface area contributed by atoms with Gasteiger partial charge < -0.3 is 20.5 Å². The second-order valence-corrected chi connectivity index (χ2v) is 7.14. The van der Waals surface area contributed by atoms with Crippen molar-refractivity contribution in [3.63, 3.8) is 0 Å². The van der Waals surface area contributed by atoms with Gasteiger partial charge in [0.25, 0.3) is 5.91 Å². The second kappa shape index (κ2) is 6.13. The maximum Gasteiger partial charge on any atom is 0.251 e. The quantitative estimate of drug-likeness (QED) is 0.776. The smallest absolute Gasteiger partial charge is 0.251 e. The number of hydrogen-bond acceptors (Lipinski definition) is 4. The highest BCUT2D eigenvalue weighted by Gasteiger charge is 2.59. The summed E-state index contributed by atoms with van der Waals surface area (Å²) in [6, 6.07) is 6.11. The molecule has 1 heterocycles. The molecule has 126 valence electrons. The number of aliphatic hydroxyl groups is 1. The molecule has 3 rings (SSSR count). The lowest BCUT2D eigenvalue weighted by atomic mass is 9.57. The molecule has 5 nitrogen and oxygen atoms in total. The zero-order valence-electron chi connectivity index (χ0n) is 14.1. The molecule has 0 spiro atoms. The molecule has 1 aromatic carbocycles. The average molecular weight is 318 g/mol. The molecule has 1 amide bonds. The Balaban J connectivity index is 1.77. The zero-order valence-corrected chi connectivity index (χ0v) is 14.1. The van der Waals surface area contributed by atoms with Gasteiger partial charge in [-0.15, -0.1) is 0 Å². The summed E-state index contributed by atoms with van der Waals surface area (Å²) in [5.74, 6) is 0.409. The first-order chi connectivity index (χ1) is 11.0. The first-order valence-electron chi connectivity index (χ1n) is 8.33. The fraction of sp³-hybridized carbons (Fsp3) is 0.611. The predicted octanol–water partition coefficient (Wildman–Crippen LogP) is 1.94. The molecule has 0 radical (unpaired) electrons. The Hall–Kier alpha value is -1.59. The summed E-state index contributed by atoms with van der Waals surface area (Å²) in [7, 11) is 0. The minimum absolute atomic E-state index is 0.0535. The fourth-order valence-electron chi connectivity index (χ4n) is 4.09. The third-order valence-corrected chi connectivity index (χ3v) is 5.39. The van der Waals surface area contributed by atoms with E-state index in [2.05, 4.69) is 24.5 Å². The third-order valence-electron chi connectivity index (χ3n) is 5.39. The molecular formula is C18H26N2O3. The summed E-state index contributed by atoms with van der Waals surface area (Å²) in [5.41, 5.74) is 2.70. The van der Waals surface area contributed by atoms with Crippen molar-refractivity contribution in [2.24, 2.45) is 11.3 Å². The molecule has 3 N–H and O–H groups in total. The van der Waals surface area contributed by atoms with Gasteiger partial charge in [-0.2, -0.15) is 0 Å². The third kappa shape index (κ3) is 2.72. The minimum atomic E-state index is -0.143. The zero-order chi connectivity index (χ0) is 16.6. The van der Waals surface area contributed by atoms with Crippen LogP contribution in [0, 0.1) is 18.3 Å². The number of carbonyl (C=O) groups excluding carboxylic acids is 1. The molecule has 3 unspecified atom stereocenters. The van der Waals surface area contributed by atoms with Gasteiger partial charge in [-0.1, -0.05) is 19.9 Å². The molecule has 0 aromatic heterocycles. The molecule has 1 aliphatic carbocycles. The molecule has 2 aliphatic rings. The molecule has 2 fully saturated rings. The Bertz CT molecular complexity index is 600. The van der Waals surface area contributed by atoms with E-state index in [0.29, 0.717) is 23.6 Å². The van der Waals surface area contributed by atoms with E-state index in [1.165, 1.54) is 0 Å². The van der Waals surface area contributed by atoms with Crippen LogP contribution < -0.4 is 10.6 Å². The number of amides is 1. The molecule has 23 heavy (non-hydrogen) atoms. The van der Waals surface area contributed by atoms with Crippen molar-refractivity contribution < 1.29 is 14.6 Å². The van der Waals surface area contributed by atoms with Gasteiger partial charge in [0.1, 0.15) is 0 Å². The molecule has 1 aliphatic heterocycles. The van der Waals surface area contributed by atoms with Gasteiger partial charge in [-0.25, -0.2) is 0 Å². The van der Waals surface area contributed by atoms with Crippen LogP contribution in [0.15, 0.2) is 18.2 Å². The summed E-state index contributed by atoms with van der Waals surface area (Å²) in [4.78, 5) is 12.2. The molecule has 1 saturated carbocycles. The standard InChI is InChI=1S/C18H26N2O3/c1-11-12(17(22)19-8-9-21)5-4-6-14(11)20-15-13-7-10-23-16(13)18(15,2)3/h4-6,13,15-16,20-21H,7-10H2,1-3H3,(H,19,22). The number of fused-ring (bicyclic) bond motifs is 1. The number of nitrogens with one attached hydrogen (secondary N) is 2. The van der Waals surface area contributed by atoms with E-state index in [1.807, 2.05) is 25.1 Å². The number of carbonyl (C=O) groups is 1. The van der Waals surface area contributed by atoms with Crippen LogP contribution in [-0.4, -0.2) is 42.9 Å². The Morgan fingerprint density at radius 2 is 2.22 bits per heavy atom. The first kappa shape index (κ1) is 16.3. The van der Waals surface area contributed by atoms with Crippen LogP contribution >= 0.6 is 0 Å². The van der Waals surface area contributed by atoms with Crippen LogP contribution in [-0.2, 0) is 4.74 Å². The normalized spacial score (nSPS) is 27.9. The van der Waals surface area contributed by atoms with Crippen molar-refractivity contribution in [1.29, 1.82) is 0 Å². The fourth-order valence-corrected chi connectivity index (χ4v) is 4.09. The maximum atomic E-state index is 12.2. The maximum absolute atomic E-state index is 12.2. The van der Waals surface area contributed by atoms with Crippen molar-refractivity contribution in [2.45, 2.75) is 39.3 Å². The lowest BCUT2D eigenvalue weighted by Gasteiger charge is -2.55. The Labute approximate surface area is 137 Å². The largest absolute Gasteiger partial charge is 0.395 e. The van der Waals surface area contributed by atoms with Gasteiger partial charge in [0.2, 0.25) is 0 Å². The van der Waals surface area contributed by atoms with Gasteiger partial charge in [0.15, 0.2) is 0 Å². The van der Waals surface area contributed by atoms with E-state index < -0.39 is 0 Å². The number of anilines is 1. The van der Waals surface area contributed by atoms with Crippen molar-refractivity contribution in [2.75, 3.05) is 25.1 Å². The lowest BCUT2D eigenvalue weighted by Crippen LogP contribution is -2.63. The summed E-state index contributed by atoms with van der Waals surface area (Å²) in [6.45, 7) is 7.51. The first-order valence-corrected chi connectivity index (χ1v) is 8.33. The van der Waals surface area contributed by atoms with Gasteiger partial charge >= 0.3 is 0 Å². The van der Waals surface area contributed by atoms with Crippen LogP contribution in [0.3, 0.4) is 0 Å². The molecule has 0 bridgehead atoms. The Morgan fingerprint density at radius 3 is 2.96 bits per heavy atom. The minimum Gasteiger partial charge on any atom is -0.395 e. The van der Waals surface area contributed by atoms with Crippen LogP contribution in [0.5, 0.6) is 0 Å². The van der Waals surface area contributed by atoms with Crippen LogP contribution in [0.4, 0.5) is 5.69 Å². The molecule has 1 saturated heterocycles. The van der Waals surface area contributed by atoms with E-state index in [-0.39, 0.29) is 24.5 Å². The number of aliphatic hydroxyl groups excluding tert-OH is 1. The summed E-state index contributed by atoms with van der Waals surface area (Å²) in [6.07, 6.45) is 1.44. The van der Waals surface area contributed by atoms with Crippen molar-refractivity contribution in [1.82, 2.24) is 5.32 Å². The van der Waals surface area contributed by atoms with Crippen molar-refractivity contribution >= 4 is 11.6 Å². The summed E-state index contributed by atoms with van der Waals surface area (Å²) < 4.78 is 5.84. The van der Waals surface area contributed by atoms with Gasteiger partial charge in [0, 0.05) is 41.8 Å². The number of ether oxygens (including phenoxy) is 1. The summed E-state index contributed by atoms with van der Waals surface area (Å²) >= 11 is 0. The second-order valence-electron chi connectivity index (χ2n) is 7.14. The molecule has 3 atom stereocenters. The Kier molecular flexibility index (Phi) is 4.34. The van der Waals surface area contributed by atoms with Crippen molar-refractivity contribution in [3.8, 4) is 0 Å². The van der Waals surface area contributed by atoms with E-state index in [1.54, 1.807) is 0 Å². The van der Waals surface area contributed by atoms with E-state index >= 15 is 0 Å². The summed E-state index contributed by atoms with van der Waals surface area (Å²) in [5, 5.41) is 15.2. The highest BCUT2D eigenvalue weighted by Crippen LogP contribution is 2.53. The van der Waals surface area contributed by atoms with E-state index in [0.717, 1.165) is 24.3 Å². The van der Waals surface area contributed by atoms with E-state index in [4.69, 9.17) is 9.84 Å². The van der Waals surface area contributed by atoms with Gasteiger partial charge in [-0.3, -0.25) is 4.79 Å². The Morgan fingerprint density at radius 1 is 1.43 bits per heavy atom. The number of rotatable bonds is 5. The SMILES string of the molecule is Cc1c(NC2C3CCOC3C2(C)C)cccc1C(=O)NCCO. The molecular weight excluding hydrogens is 292 g/mol.